The number of carbonyl (C=O) groups is 1. The molecule has 0 bridgehead atoms. The van der Waals surface area contributed by atoms with Crippen LogP contribution in [0.25, 0.3) is 0 Å². The van der Waals surface area contributed by atoms with E-state index in [0.717, 1.165) is 11.1 Å². The maximum absolute atomic E-state index is 12.2. The Bertz CT molecular complexity index is 608. The van der Waals surface area contributed by atoms with Crippen LogP contribution in [0, 0.1) is 24.0 Å². The van der Waals surface area contributed by atoms with Crippen LogP contribution in [0.2, 0.25) is 0 Å². The van der Waals surface area contributed by atoms with E-state index in [0.29, 0.717) is 13.1 Å². The van der Waals surface area contributed by atoms with Crippen molar-refractivity contribution in [2.24, 2.45) is 0 Å². The van der Waals surface area contributed by atoms with Gasteiger partial charge in [0, 0.05) is 19.2 Å². The summed E-state index contributed by atoms with van der Waals surface area (Å²) in [4.78, 5) is 24.9. The van der Waals surface area contributed by atoms with Crippen LogP contribution in [0.15, 0.2) is 12.1 Å². The maximum Gasteiger partial charge on any atom is 0.293 e. The SMILES string of the molecule is Cc1cc(NC(=O)CN2C[C@@H](C)O[C@H](C)C2)c([N+](=O)[O-])cc1C. The molecule has 23 heavy (non-hydrogen) atoms. The van der Waals surface area contributed by atoms with Crippen LogP contribution >= 0.6 is 0 Å². The second-order valence-corrected chi connectivity index (χ2v) is 6.21. The number of amides is 1. The first-order valence-corrected chi connectivity index (χ1v) is 7.69. The Labute approximate surface area is 135 Å². The Hall–Kier alpha value is -1.99. The van der Waals surface area contributed by atoms with E-state index in [1.165, 1.54) is 6.07 Å². The highest BCUT2D eigenvalue weighted by Crippen LogP contribution is 2.28. The zero-order valence-electron chi connectivity index (χ0n) is 14.0. The number of nitrogens with zero attached hydrogens (tertiary/aromatic N) is 2. The van der Waals surface area contributed by atoms with Gasteiger partial charge in [-0.25, -0.2) is 0 Å². The molecular weight excluding hydrogens is 298 g/mol. The molecule has 0 spiro atoms. The third-order valence-electron chi connectivity index (χ3n) is 3.95. The number of hydrogen-bond acceptors (Lipinski definition) is 5. The van der Waals surface area contributed by atoms with E-state index in [-0.39, 0.29) is 36.0 Å². The molecule has 0 aromatic heterocycles. The first-order chi connectivity index (χ1) is 10.8. The van der Waals surface area contributed by atoms with E-state index in [1.807, 2.05) is 32.6 Å². The van der Waals surface area contributed by atoms with Crippen LogP contribution in [0.4, 0.5) is 11.4 Å². The number of carbonyl (C=O) groups excluding carboxylic acids is 1. The van der Waals surface area contributed by atoms with Gasteiger partial charge in [-0.05, 0) is 44.9 Å². The van der Waals surface area contributed by atoms with Crippen molar-refractivity contribution in [3.63, 3.8) is 0 Å². The van der Waals surface area contributed by atoms with E-state index in [1.54, 1.807) is 6.07 Å². The molecule has 1 aliphatic heterocycles. The number of nitro groups is 1. The van der Waals surface area contributed by atoms with Gasteiger partial charge in [-0.3, -0.25) is 19.8 Å². The minimum atomic E-state index is -0.471. The Morgan fingerprint density at radius 1 is 1.30 bits per heavy atom. The van der Waals surface area contributed by atoms with Crippen LogP contribution in [-0.2, 0) is 9.53 Å². The molecule has 1 N–H and O–H groups in total. The molecule has 7 nitrogen and oxygen atoms in total. The van der Waals surface area contributed by atoms with Crippen molar-refractivity contribution < 1.29 is 14.5 Å². The van der Waals surface area contributed by atoms with Crippen molar-refractivity contribution in [2.45, 2.75) is 39.9 Å². The molecule has 2 rings (SSSR count). The summed E-state index contributed by atoms with van der Waals surface area (Å²) in [7, 11) is 0. The van der Waals surface area contributed by atoms with Crippen LogP contribution in [0.3, 0.4) is 0 Å². The smallest absolute Gasteiger partial charge is 0.293 e. The summed E-state index contributed by atoms with van der Waals surface area (Å²) in [6, 6.07) is 3.14. The highest BCUT2D eigenvalue weighted by Gasteiger charge is 2.24. The Morgan fingerprint density at radius 2 is 1.87 bits per heavy atom. The molecule has 1 aliphatic rings. The number of hydrogen-bond donors (Lipinski definition) is 1. The van der Waals surface area contributed by atoms with Gasteiger partial charge in [-0.1, -0.05) is 0 Å². The molecule has 7 heteroatoms. The lowest BCUT2D eigenvalue weighted by Crippen LogP contribution is -2.48. The third kappa shape index (κ3) is 4.49. The monoisotopic (exact) mass is 321 g/mol. The molecular formula is C16H23N3O4. The average molecular weight is 321 g/mol. The Kier molecular flexibility index (Phi) is 5.33. The van der Waals surface area contributed by atoms with Crippen LogP contribution in [0.1, 0.15) is 25.0 Å². The standard InChI is InChI=1S/C16H23N3O4/c1-10-5-14(15(19(21)22)6-11(10)2)17-16(20)9-18-7-12(3)23-13(4)8-18/h5-6,12-13H,7-9H2,1-4H3,(H,17,20)/t12-,13-/m1/s1. The summed E-state index contributed by atoms with van der Waals surface area (Å²) in [5.41, 5.74) is 1.90. The fourth-order valence-electron chi connectivity index (χ4n) is 2.86. The molecule has 0 aliphatic carbocycles. The highest BCUT2D eigenvalue weighted by molar-refractivity contribution is 5.94. The molecule has 1 saturated heterocycles. The van der Waals surface area contributed by atoms with Gasteiger partial charge in [0.25, 0.3) is 5.69 Å². The summed E-state index contributed by atoms with van der Waals surface area (Å²) in [5.74, 6) is -0.252. The van der Waals surface area contributed by atoms with Gasteiger partial charge in [0.2, 0.25) is 5.91 Å². The first-order valence-electron chi connectivity index (χ1n) is 7.69. The lowest BCUT2D eigenvalue weighted by molar-refractivity contribution is -0.384. The van der Waals surface area contributed by atoms with Crippen LogP contribution in [0.5, 0.6) is 0 Å². The van der Waals surface area contributed by atoms with Crippen molar-refractivity contribution in [1.82, 2.24) is 4.90 Å². The summed E-state index contributed by atoms with van der Waals surface area (Å²) in [5, 5.41) is 13.8. The second-order valence-electron chi connectivity index (χ2n) is 6.21. The van der Waals surface area contributed by atoms with Crippen molar-refractivity contribution in [3.8, 4) is 0 Å². The number of rotatable bonds is 4. The summed E-state index contributed by atoms with van der Waals surface area (Å²) in [6.07, 6.45) is 0.144. The fourth-order valence-corrected chi connectivity index (χ4v) is 2.86. The van der Waals surface area contributed by atoms with Gasteiger partial charge >= 0.3 is 0 Å². The maximum atomic E-state index is 12.2. The lowest BCUT2D eigenvalue weighted by Gasteiger charge is -2.34. The number of anilines is 1. The number of nitro benzene ring substituents is 1. The number of benzene rings is 1. The quantitative estimate of drug-likeness (QED) is 0.679. The van der Waals surface area contributed by atoms with E-state index in [2.05, 4.69) is 5.32 Å². The van der Waals surface area contributed by atoms with Crippen molar-refractivity contribution >= 4 is 17.3 Å². The predicted molar refractivity (Wildman–Crippen MR) is 87.6 cm³/mol. The molecule has 1 amide bonds. The van der Waals surface area contributed by atoms with Gasteiger partial charge in [0.1, 0.15) is 5.69 Å². The molecule has 1 heterocycles. The molecule has 1 aromatic carbocycles. The zero-order valence-corrected chi connectivity index (χ0v) is 14.0. The predicted octanol–water partition coefficient (Wildman–Crippen LogP) is 2.26. The van der Waals surface area contributed by atoms with E-state index in [4.69, 9.17) is 4.74 Å². The molecule has 0 radical (unpaired) electrons. The lowest BCUT2D eigenvalue weighted by atomic mass is 10.1. The zero-order chi connectivity index (χ0) is 17.1. The van der Waals surface area contributed by atoms with Gasteiger partial charge in [-0.15, -0.1) is 0 Å². The van der Waals surface area contributed by atoms with Crippen LogP contribution in [-0.4, -0.2) is 47.6 Å². The molecule has 2 atom stereocenters. The minimum absolute atomic E-state index is 0.0718. The second kappa shape index (κ2) is 7.06. The fraction of sp³-hybridized carbons (Fsp3) is 0.562. The van der Waals surface area contributed by atoms with Gasteiger partial charge in [0.05, 0.1) is 23.7 Å². The number of nitrogens with one attached hydrogen (secondary N) is 1. The van der Waals surface area contributed by atoms with Gasteiger partial charge in [-0.2, -0.15) is 0 Å². The summed E-state index contributed by atoms with van der Waals surface area (Å²) < 4.78 is 5.63. The summed E-state index contributed by atoms with van der Waals surface area (Å²) in [6.45, 7) is 9.15. The largest absolute Gasteiger partial charge is 0.373 e. The first kappa shape index (κ1) is 17.4. The Morgan fingerprint density at radius 3 is 2.43 bits per heavy atom. The molecule has 0 saturated carbocycles. The van der Waals surface area contributed by atoms with E-state index < -0.39 is 4.92 Å². The van der Waals surface area contributed by atoms with E-state index >= 15 is 0 Å². The molecule has 126 valence electrons. The third-order valence-corrected chi connectivity index (χ3v) is 3.95. The minimum Gasteiger partial charge on any atom is -0.373 e. The number of ether oxygens (including phenoxy) is 1. The normalized spacial score (nSPS) is 21.9. The topological polar surface area (TPSA) is 84.7 Å². The van der Waals surface area contributed by atoms with Crippen LogP contribution < -0.4 is 5.32 Å². The van der Waals surface area contributed by atoms with Crippen molar-refractivity contribution in [1.29, 1.82) is 0 Å². The number of aryl methyl sites for hydroxylation is 2. The summed E-state index contributed by atoms with van der Waals surface area (Å²) >= 11 is 0. The van der Waals surface area contributed by atoms with Gasteiger partial charge < -0.3 is 10.1 Å². The highest BCUT2D eigenvalue weighted by atomic mass is 16.6. The van der Waals surface area contributed by atoms with Gasteiger partial charge in [0.15, 0.2) is 0 Å². The van der Waals surface area contributed by atoms with E-state index in [9.17, 15) is 14.9 Å². The molecule has 1 aromatic rings. The average Bonchev–Trinajstić information content (AvgIpc) is 2.40. The number of morpholine rings is 1. The van der Waals surface area contributed by atoms with Crippen molar-refractivity contribution in [2.75, 3.05) is 25.0 Å². The molecule has 1 fully saturated rings. The Balaban J connectivity index is 2.08. The molecule has 0 unspecified atom stereocenters. The van der Waals surface area contributed by atoms with Crippen molar-refractivity contribution in [3.05, 3.63) is 33.4 Å².